The summed E-state index contributed by atoms with van der Waals surface area (Å²) in [6.45, 7) is 1.11. The Morgan fingerprint density at radius 3 is 3.17 bits per heavy atom. The molecule has 1 saturated heterocycles. The molecule has 1 aliphatic rings. The summed E-state index contributed by atoms with van der Waals surface area (Å²) in [5.74, 6) is 1.12. The van der Waals surface area contributed by atoms with Gasteiger partial charge >= 0.3 is 0 Å². The largest absolute Gasteiger partial charge is 0.352 e. The van der Waals surface area contributed by atoms with Crippen molar-refractivity contribution in [2.75, 3.05) is 16.8 Å². The van der Waals surface area contributed by atoms with Crippen molar-refractivity contribution in [3.63, 3.8) is 0 Å². The van der Waals surface area contributed by atoms with E-state index in [1.807, 2.05) is 0 Å². The van der Waals surface area contributed by atoms with Crippen molar-refractivity contribution in [1.29, 1.82) is 0 Å². The summed E-state index contributed by atoms with van der Waals surface area (Å²) >= 11 is 5.35. The molecule has 3 heterocycles. The molecule has 1 aliphatic heterocycles. The van der Waals surface area contributed by atoms with E-state index in [1.165, 1.54) is 31.1 Å². The number of halogens is 1. The second kappa shape index (κ2) is 5.53. The van der Waals surface area contributed by atoms with Crippen LogP contribution in [0.1, 0.15) is 25.7 Å². The van der Waals surface area contributed by atoms with Crippen LogP contribution in [-0.4, -0.2) is 27.9 Å². The van der Waals surface area contributed by atoms with Crippen molar-refractivity contribution < 1.29 is 0 Å². The summed E-state index contributed by atoms with van der Waals surface area (Å²) in [6, 6.07) is 2.71. The molecule has 1 unspecified atom stereocenters. The summed E-state index contributed by atoms with van der Waals surface area (Å²) in [5.41, 5.74) is 0. The molecule has 1 atom stereocenters. The van der Waals surface area contributed by atoms with E-state index < -0.39 is 0 Å². The van der Waals surface area contributed by atoms with Crippen LogP contribution < -0.4 is 4.90 Å². The van der Waals surface area contributed by atoms with Crippen LogP contribution in [0.4, 0.5) is 5.82 Å². The molecule has 18 heavy (non-hydrogen) atoms. The first-order chi connectivity index (χ1) is 8.90. The zero-order valence-electron chi connectivity index (χ0n) is 10.2. The number of hydrogen-bond acceptors (Lipinski definition) is 4. The monoisotopic (exact) mass is 325 g/mol. The third-order valence-corrected chi connectivity index (χ3v) is 5.14. The van der Waals surface area contributed by atoms with Gasteiger partial charge in [-0.3, -0.25) is 0 Å². The summed E-state index contributed by atoms with van der Waals surface area (Å²) in [4.78, 5) is 12.4. The Kier molecular flexibility index (Phi) is 3.80. The van der Waals surface area contributed by atoms with Crippen LogP contribution >= 0.6 is 27.3 Å². The highest BCUT2D eigenvalue weighted by atomic mass is 79.9. The van der Waals surface area contributed by atoms with Gasteiger partial charge in [0.15, 0.2) is 0 Å². The van der Waals surface area contributed by atoms with Gasteiger partial charge < -0.3 is 4.90 Å². The Morgan fingerprint density at radius 2 is 2.28 bits per heavy atom. The molecular weight excluding hydrogens is 310 g/mol. The third kappa shape index (κ3) is 2.26. The van der Waals surface area contributed by atoms with Crippen LogP contribution in [0.5, 0.6) is 0 Å². The minimum atomic E-state index is 0.561. The topological polar surface area (TPSA) is 29.0 Å². The molecule has 0 saturated carbocycles. The van der Waals surface area contributed by atoms with E-state index >= 15 is 0 Å². The second-order valence-electron chi connectivity index (χ2n) is 4.69. The summed E-state index contributed by atoms with van der Waals surface area (Å²) in [7, 11) is 0. The first-order valence-electron chi connectivity index (χ1n) is 6.41. The fourth-order valence-electron chi connectivity index (χ4n) is 2.62. The average Bonchev–Trinajstić information content (AvgIpc) is 2.76. The molecule has 0 bridgehead atoms. The highest BCUT2D eigenvalue weighted by molar-refractivity contribution is 9.09. The van der Waals surface area contributed by atoms with Crippen molar-refractivity contribution in [3.05, 3.63) is 17.8 Å². The second-order valence-corrected chi connectivity index (χ2v) is 6.23. The van der Waals surface area contributed by atoms with Crippen molar-refractivity contribution in [2.24, 2.45) is 0 Å². The van der Waals surface area contributed by atoms with E-state index in [-0.39, 0.29) is 0 Å². The number of fused-ring (bicyclic) bond motifs is 1. The quantitative estimate of drug-likeness (QED) is 0.785. The molecular formula is C13H16BrN3S. The smallest absolute Gasteiger partial charge is 0.141 e. The van der Waals surface area contributed by atoms with Gasteiger partial charge in [-0.05, 0) is 24.3 Å². The molecule has 0 radical (unpaired) electrons. The standard InChI is InChI=1S/C13H16BrN3S/c14-8-10-4-2-1-3-6-17(10)12-11-5-7-18-13(11)16-9-15-12/h5,7,9-10H,1-4,6,8H2. The van der Waals surface area contributed by atoms with E-state index in [2.05, 4.69) is 42.2 Å². The molecule has 3 rings (SSSR count). The molecule has 1 fully saturated rings. The van der Waals surface area contributed by atoms with E-state index in [0.717, 1.165) is 22.5 Å². The number of nitrogens with zero attached hydrogens (tertiary/aromatic N) is 3. The molecule has 2 aromatic heterocycles. The summed E-state index contributed by atoms with van der Waals surface area (Å²) in [6.07, 6.45) is 6.87. The Morgan fingerprint density at radius 1 is 1.33 bits per heavy atom. The van der Waals surface area contributed by atoms with Gasteiger partial charge in [0, 0.05) is 17.9 Å². The predicted molar refractivity (Wildman–Crippen MR) is 80.8 cm³/mol. The number of thiophene rings is 1. The van der Waals surface area contributed by atoms with Gasteiger partial charge in [-0.1, -0.05) is 28.8 Å². The number of hydrogen-bond donors (Lipinski definition) is 0. The lowest BCUT2D eigenvalue weighted by atomic mass is 10.1. The molecule has 0 amide bonds. The number of anilines is 1. The van der Waals surface area contributed by atoms with Gasteiger partial charge in [0.1, 0.15) is 17.0 Å². The first-order valence-corrected chi connectivity index (χ1v) is 8.41. The Bertz CT molecular complexity index is 528. The number of rotatable bonds is 2. The van der Waals surface area contributed by atoms with Crippen molar-refractivity contribution >= 4 is 43.3 Å². The Balaban J connectivity index is 2.02. The zero-order valence-corrected chi connectivity index (χ0v) is 12.6. The maximum absolute atomic E-state index is 4.54. The summed E-state index contributed by atoms with van der Waals surface area (Å²) < 4.78 is 0. The van der Waals surface area contributed by atoms with Crippen molar-refractivity contribution in [3.8, 4) is 0 Å². The number of aromatic nitrogens is 2. The van der Waals surface area contributed by atoms with Crippen LogP contribution in [0, 0.1) is 0 Å². The fourth-order valence-corrected chi connectivity index (χ4v) is 4.02. The van der Waals surface area contributed by atoms with E-state index in [9.17, 15) is 0 Å². The predicted octanol–water partition coefficient (Wildman–Crippen LogP) is 3.84. The molecule has 96 valence electrons. The normalized spacial score (nSPS) is 21.2. The lowest BCUT2D eigenvalue weighted by molar-refractivity contribution is 0.623. The van der Waals surface area contributed by atoms with Gasteiger partial charge in [-0.15, -0.1) is 11.3 Å². The van der Waals surface area contributed by atoms with Crippen molar-refractivity contribution in [1.82, 2.24) is 9.97 Å². The SMILES string of the molecule is BrCC1CCCCCN1c1ncnc2sccc12. The number of alkyl halides is 1. The van der Waals surface area contributed by atoms with Gasteiger partial charge in [-0.2, -0.15) is 0 Å². The average molecular weight is 326 g/mol. The lowest BCUT2D eigenvalue weighted by Gasteiger charge is -2.30. The minimum Gasteiger partial charge on any atom is -0.352 e. The zero-order chi connectivity index (χ0) is 12.4. The van der Waals surface area contributed by atoms with E-state index in [1.54, 1.807) is 17.7 Å². The molecule has 0 N–H and O–H groups in total. The molecule has 2 aromatic rings. The first kappa shape index (κ1) is 12.4. The highest BCUT2D eigenvalue weighted by Crippen LogP contribution is 2.31. The van der Waals surface area contributed by atoms with E-state index in [4.69, 9.17) is 0 Å². The van der Waals surface area contributed by atoms with Crippen molar-refractivity contribution in [2.45, 2.75) is 31.7 Å². The molecule has 0 aromatic carbocycles. The highest BCUT2D eigenvalue weighted by Gasteiger charge is 2.23. The van der Waals surface area contributed by atoms with Crippen LogP contribution in [-0.2, 0) is 0 Å². The van der Waals surface area contributed by atoms with Gasteiger partial charge in [0.05, 0.1) is 5.39 Å². The Hall–Kier alpha value is -0.680. The summed E-state index contributed by atoms with van der Waals surface area (Å²) in [5, 5.41) is 4.32. The molecule has 3 nitrogen and oxygen atoms in total. The Labute approximate surface area is 119 Å². The van der Waals surface area contributed by atoms with Crippen LogP contribution in [0.3, 0.4) is 0 Å². The van der Waals surface area contributed by atoms with Gasteiger partial charge in [0.25, 0.3) is 0 Å². The molecule has 0 spiro atoms. The molecule has 5 heteroatoms. The molecule has 0 aliphatic carbocycles. The van der Waals surface area contributed by atoms with Gasteiger partial charge in [-0.25, -0.2) is 9.97 Å². The van der Waals surface area contributed by atoms with Crippen LogP contribution in [0.25, 0.3) is 10.2 Å². The minimum absolute atomic E-state index is 0.561. The maximum atomic E-state index is 4.54. The fraction of sp³-hybridized carbons (Fsp3) is 0.538. The van der Waals surface area contributed by atoms with Crippen LogP contribution in [0.15, 0.2) is 17.8 Å². The maximum Gasteiger partial charge on any atom is 0.141 e. The third-order valence-electron chi connectivity index (χ3n) is 3.57. The van der Waals surface area contributed by atoms with Gasteiger partial charge in [0.2, 0.25) is 0 Å². The lowest BCUT2D eigenvalue weighted by Crippen LogP contribution is -2.36. The van der Waals surface area contributed by atoms with E-state index in [0.29, 0.717) is 6.04 Å². The van der Waals surface area contributed by atoms with Crippen LogP contribution in [0.2, 0.25) is 0 Å².